The van der Waals surface area contributed by atoms with Crippen LogP contribution >= 0.6 is 11.6 Å². The molecule has 0 aliphatic rings. The highest BCUT2D eigenvalue weighted by Gasteiger charge is 2.28. The minimum Gasteiger partial charge on any atom is -0.386 e. The number of nitrogens with one attached hydrogen (secondary N) is 2. The standard InChI is InChI=1S/C42H46ClN3O5S/c1-4-6-25-46(26-7-5-2)39-17-11-16-35-34(39)15-12-18-40(35)52(50,51)45-37-24-23-33(43)28-36(37)42(49)44-38(41(48)29(3)47)27-30-19-21-32(22-20-30)31-13-9-8-10-14-31/h8-24,28-29,38,45,47H,4-7,25-27H2,1-3H3,(H,44,49)/t29?,38-/m0/s1. The molecule has 272 valence electrons. The number of amides is 1. The second-order valence-electron chi connectivity index (χ2n) is 13.0. The first-order chi connectivity index (χ1) is 25.0. The molecule has 0 aliphatic carbocycles. The van der Waals surface area contributed by atoms with Crippen LogP contribution in [-0.2, 0) is 21.2 Å². The third kappa shape index (κ3) is 9.39. The summed E-state index contributed by atoms with van der Waals surface area (Å²) in [5.74, 6) is -1.30. The van der Waals surface area contributed by atoms with E-state index in [4.69, 9.17) is 11.6 Å². The Balaban J connectivity index is 1.43. The van der Waals surface area contributed by atoms with Crippen LogP contribution in [-0.4, -0.2) is 50.5 Å². The fraction of sp³-hybridized carbons (Fsp3) is 0.286. The van der Waals surface area contributed by atoms with Gasteiger partial charge in [-0.1, -0.05) is 117 Å². The van der Waals surface area contributed by atoms with Crippen LogP contribution in [0.4, 0.5) is 11.4 Å². The lowest BCUT2D eigenvalue weighted by Gasteiger charge is -2.26. The number of anilines is 2. The number of ketones is 1. The van der Waals surface area contributed by atoms with E-state index in [1.165, 1.54) is 25.1 Å². The van der Waals surface area contributed by atoms with Crippen molar-refractivity contribution in [2.24, 2.45) is 0 Å². The van der Waals surface area contributed by atoms with Crippen LogP contribution in [0.3, 0.4) is 0 Å². The van der Waals surface area contributed by atoms with Crippen molar-refractivity contribution in [3.8, 4) is 11.1 Å². The zero-order chi connectivity index (χ0) is 37.3. The number of halogens is 1. The van der Waals surface area contributed by atoms with Crippen LogP contribution in [0.25, 0.3) is 21.9 Å². The molecular formula is C42H46ClN3O5S. The molecule has 2 atom stereocenters. The van der Waals surface area contributed by atoms with Crippen LogP contribution in [0.2, 0.25) is 5.02 Å². The van der Waals surface area contributed by atoms with E-state index in [1.54, 1.807) is 18.2 Å². The van der Waals surface area contributed by atoms with Gasteiger partial charge >= 0.3 is 0 Å². The highest BCUT2D eigenvalue weighted by Crippen LogP contribution is 2.33. The monoisotopic (exact) mass is 739 g/mol. The van der Waals surface area contributed by atoms with Crippen molar-refractivity contribution in [2.75, 3.05) is 22.7 Å². The fourth-order valence-corrected chi connectivity index (χ4v) is 7.74. The number of fused-ring (bicyclic) bond motifs is 1. The number of unbranched alkanes of at least 4 members (excludes halogenated alkanes) is 2. The molecule has 0 aromatic heterocycles. The molecular weight excluding hydrogens is 694 g/mol. The summed E-state index contributed by atoms with van der Waals surface area (Å²) in [6.45, 7) is 7.38. The quantitative estimate of drug-likeness (QED) is 0.0880. The Morgan fingerprint density at radius 2 is 1.42 bits per heavy atom. The Hall–Kier alpha value is -4.70. The molecule has 0 saturated heterocycles. The van der Waals surface area contributed by atoms with Crippen molar-refractivity contribution in [1.82, 2.24) is 5.32 Å². The van der Waals surface area contributed by atoms with Gasteiger partial charge in [0.15, 0.2) is 5.78 Å². The van der Waals surface area contributed by atoms with Crippen molar-refractivity contribution in [1.29, 1.82) is 0 Å². The Labute approximate surface area is 311 Å². The van der Waals surface area contributed by atoms with Gasteiger partial charge in [0.1, 0.15) is 6.10 Å². The van der Waals surface area contributed by atoms with Gasteiger partial charge in [0.05, 0.1) is 22.2 Å². The molecule has 0 aliphatic heterocycles. The van der Waals surface area contributed by atoms with E-state index in [0.29, 0.717) is 5.39 Å². The Kier molecular flexibility index (Phi) is 13.1. The summed E-state index contributed by atoms with van der Waals surface area (Å²) < 4.78 is 30.9. The van der Waals surface area contributed by atoms with Crippen LogP contribution in [0.5, 0.6) is 0 Å². The molecule has 10 heteroatoms. The molecule has 0 heterocycles. The summed E-state index contributed by atoms with van der Waals surface area (Å²) in [5, 5.41) is 14.6. The molecule has 5 aromatic rings. The van der Waals surface area contributed by atoms with Crippen molar-refractivity contribution < 1.29 is 23.1 Å². The second kappa shape index (κ2) is 17.7. The Bertz CT molecular complexity index is 2100. The number of nitrogens with zero attached hydrogens (tertiary/aromatic N) is 1. The summed E-state index contributed by atoms with van der Waals surface area (Å²) in [7, 11) is -4.22. The van der Waals surface area contributed by atoms with E-state index in [-0.39, 0.29) is 27.6 Å². The number of rotatable bonds is 17. The lowest BCUT2D eigenvalue weighted by atomic mass is 9.97. The van der Waals surface area contributed by atoms with Crippen LogP contribution in [0.15, 0.2) is 114 Å². The molecule has 52 heavy (non-hydrogen) atoms. The summed E-state index contributed by atoms with van der Waals surface area (Å²) >= 11 is 6.32. The van der Waals surface area contributed by atoms with Gasteiger partial charge in [0.2, 0.25) is 0 Å². The van der Waals surface area contributed by atoms with Crippen LogP contribution in [0.1, 0.15) is 62.4 Å². The molecule has 8 nitrogen and oxygen atoms in total. The van der Waals surface area contributed by atoms with Crippen molar-refractivity contribution in [2.45, 2.75) is 69.9 Å². The van der Waals surface area contributed by atoms with Gasteiger partial charge in [-0.25, -0.2) is 8.42 Å². The first-order valence-corrected chi connectivity index (χ1v) is 19.6. The zero-order valence-electron chi connectivity index (χ0n) is 29.8. The van der Waals surface area contributed by atoms with Gasteiger partial charge in [-0.15, -0.1) is 0 Å². The Morgan fingerprint density at radius 3 is 2.08 bits per heavy atom. The maximum atomic E-state index is 14.1. The molecule has 1 amide bonds. The molecule has 0 spiro atoms. The van der Waals surface area contributed by atoms with E-state index in [1.807, 2.05) is 72.8 Å². The lowest BCUT2D eigenvalue weighted by molar-refractivity contribution is -0.128. The van der Waals surface area contributed by atoms with Crippen LogP contribution in [0, 0.1) is 0 Å². The number of hydrogen-bond donors (Lipinski definition) is 3. The molecule has 1 unspecified atom stereocenters. The predicted molar refractivity (Wildman–Crippen MR) is 212 cm³/mol. The third-order valence-electron chi connectivity index (χ3n) is 9.08. The Morgan fingerprint density at radius 1 is 0.788 bits per heavy atom. The SMILES string of the molecule is CCCCN(CCCC)c1cccc2c(S(=O)(=O)Nc3ccc(Cl)cc3C(=O)N[C@@H](Cc3ccc(-c4ccccc4)cc3)C(=O)C(C)O)cccc12. The van der Waals surface area contributed by atoms with Gasteiger partial charge in [0.25, 0.3) is 15.9 Å². The van der Waals surface area contributed by atoms with Gasteiger partial charge in [-0.3, -0.25) is 14.3 Å². The van der Waals surface area contributed by atoms with E-state index < -0.39 is 33.9 Å². The number of aliphatic hydroxyl groups is 1. The number of Topliss-reactive ketones (excluding diaryl/α,β-unsaturated/α-hetero) is 1. The predicted octanol–water partition coefficient (Wildman–Crippen LogP) is 8.66. The van der Waals surface area contributed by atoms with Gasteiger partial charge in [0, 0.05) is 34.6 Å². The molecule has 5 aromatic carbocycles. The van der Waals surface area contributed by atoms with E-state index in [9.17, 15) is 23.1 Å². The molecule has 3 N–H and O–H groups in total. The zero-order valence-corrected chi connectivity index (χ0v) is 31.4. The number of hydrogen-bond acceptors (Lipinski definition) is 6. The van der Waals surface area contributed by atoms with Gasteiger partial charge in [-0.05, 0) is 73.2 Å². The largest absolute Gasteiger partial charge is 0.386 e. The summed E-state index contributed by atoms with van der Waals surface area (Å²) in [5.41, 5.74) is 3.72. The summed E-state index contributed by atoms with van der Waals surface area (Å²) in [6.07, 6.45) is 2.89. The first kappa shape index (κ1) is 38.5. The topological polar surface area (TPSA) is 116 Å². The molecule has 0 fully saturated rings. The highest BCUT2D eigenvalue weighted by atomic mass is 35.5. The summed E-state index contributed by atoms with van der Waals surface area (Å²) in [4.78, 5) is 29.4. The number of benzene rings is 5. The normalized spacial score (nSPS) is 12.6. The molecule has 0 radical (unpaired) electrons. The average Bonchev–Trinajstić information content (AvgIpc) is 3.15. The molecule has 5 rings (SSSR count). The number of aliphatic hydroxyl groups excluding tert-OH is 1. The van der Waals surface area contributed by atoms with Crippen molar-refractivity contribution >= 4 is 55.5 Å². The number of carbonyl (C=O) groups is 2. The fourth-order valence-electron chi connectivity index (χ4n) is 6.27. The van der Waals surface area contributed by atoms with E-state index in [2.05, 4.69) is 28.8 Å². The first-order valence-electron chi connectivity index (χ1n) is 17.8. The van der Waals surface area contributed by atoms with E-state index in [0.717, 1.165) is 66.5 Å². The smallest absolute Gasteiger partial charge is 0.262 e. The average molecular weight is 740 g/mol. The maximum Gasteiger partial charge on any atom is 0.262 e. The highest BCUT2D eigenvalue weighted by molar-refractivity contribution is 7.93. The van der Waals surface area contributed by atoms with Crippen molar-refractivity contribution in [3.63, 3.8) is 0 Å². The van der Waals surface area contributed by atoms with Crippen LogP contribution < -0.4 is 14.9 Å². The van der Waals surface area contributed by atoms with E-state index >= 15 is 0 Å². The van der Waals surface area contributed by atoms with Gasteiger partial charge < -0.3 is 15.3 Å². The van der Waals surface area contributed by atoms with Crippen molar-refractivity contribution in [3.05, 3.63) is 125 Å². The second-order valence-corrected chi connectivity index (χ2v) is 15.1. The van der Waals surface area contributed by atoms with Gasteiger partial charge in [-0.2, -0.15) is 0 Å². The minimum absolute atomic E-state index is 0.00182. The number of sulfonamides is 1. The summed E-state index contributed by atoms with van der Waals surface area (Å²) in [6, 6.07) is 31.5. The molecule has 0 saturated carbocycles. The number of carbonyl (C=O) groups excluding carboxylic acids is 2. The third-order valence-corrected chi connectivity index (χ3v) is 10.7. The maximum absolute atomic E-state index is 14.1. The minimum atomic E-state index is -4.22. The lowest BCUT2D eigenvalue weighted by Crippen LogP contribution is -2.46. The molecule has 0 bridgehead atoms.